The normalized spacial score (nSPS) is 10.7. The Morgan fingerprint density at radius 3 is 2.85 bits per heavy atom. The Bertz CT molecular complexity index is 772. The van der Waals surface area contributed by atoms with Crippen LogP contribution in [0.15, 0.2) is 48.7 Å². The molecule has 100 valence electrons. The van der Waals surface area contributed by atoms with Crippen molar-refractivity contribution in [2.24, 2.45) is 0 Å². The van der Waals surface area contributed by atoms with Crippen molar-refractivity contribution in [1.29, 1.82) is 0 Å². The van der Waals surface area contributed by atoms with E-state index in [0.29, 0.717) is 11.1 Å². The number of para-hydroxylation sites is 1. The van der Waals surface area contributed by atoms with Crippen LogP contribution in [0.5, 0.6) is 0 Å². The highest BCUT2D eigenvalue weighted by molar-refractivity contribution is 6.06. The molecule has 1 amide bonds. The summed E-state index contributed by atoms with van der Waals surface area (Å²) in [5.41, 5.74) is 2.39. The van der Waals surface area contributed by atoms with Gasteiger partial charge in [0.2, 0.25) is 0 Å². The van der Waals surface area contributed by atoms with Crippen LogP contribution >= 0.6 is 0 Å². The number of anilines is 1. The molecule has 3 rings (SSSR count). The van der Waals surface area contributed by atoms with Crippen molar-refractivity contribution in [2.45, 2.75) is 6.92 Å². The predicted molar refractivity (Wildman–Crippen MR) is 77.4 cm³/mol. The van der Waals surface area contributed by atoms with E-state index in [0.717, 1.165) is 10.9 Å². The van der Waals surface area contributed by atoms with Crippen LogP contribution in [0.2, 0.25) is 0 Å². The second-order valence-corrected chi connectivity index (χ2v) is 4.67. The van der Waals surface area contributed by atoms with Gasteiger partial charge in [-0.3, -0.25) is 4.79 Å². The van der Waals surface area contributed by atoms with Gasteiger partial charge in [-0.25, -0.2) is 4.39 Å². The lowest BCUT2D eigenvalue weighted by Gasteiger charge is -2.09. The average Bonchev–Trinajstić information content (AvgIpc) is 2.90. The van der Waals surface area contributed by atoms with Crippen molar-refractivity contribution in [3.8, 4) is 0 Å². The molecule has 20 heavy (non-hydrogen) atoms. The lowest BCUT2D eigenvalue weighted by Crippen LogP contribution is -2.13. The van der Waals surface area contributed by atoms with Gasteiger partial charge in [0.1, 0.15) is 5.82 Å². The van der Waals surface area contributed by atoms with Crippen LogP contribution in [0.3, 0.4) is 0 Å². The number of aromatic amines is 1. The van der Waals surface area contributed by atoms with Crippen LogP contribution in [0.25, 0.3) is 10.9 Å². The Morgan fingerprint density at radius 2 is 2.05 bits per heavy atom. The molecule has 1 heterocycles. The number of halogens is 1. The summed E-state index contributed by atoms with van der Waals surface area (Å²) >= 11 is 0. The Balaban J connectivity index is 1.92. The number of amides is 1. The molecule has 0 spiro atoms. The molecule has 2 N–H and O–H groups in total. The number of aryl methyl sites for hydroxylation is 1. The molecular weight excluding hydrogens is 255 g/mol. The minimum absolute atomic E-state index is 0.228. The van der Waals surface area contributed by atoms with Gasteiger partial charge in [0.25, 0.3) is 5.91 Å². The molecule has 0 atom stereocenters. The zero-order valence-electron chi connectivity index (χ0n) is 10.9. The summed E-state index contributed by atoms with van der Waals surface area (Å²) < 4.78 is 13.7. The smallest absolute Gasteiger partial charge is 0.255 e. The molecule has 0 aliphatic carbocycles. The molecule has 0 unspecified atom stereocenters. The third-order valence-corrected chi connectivity index (χ3v) is 3.28. The first-order valence-electron chi connectivity index (χ1n) is 6.29. The SMILES string of the molecule is Cc1cccc(F)c1NC(=O)c1ccc2[nH]ccc2c1. The fourth-order valence-corrected chi connectivity index (χ4v) is 2.17. The first-order chi connectivity index (χ1) is 9.65. The van der Waals surface area contributed by atoms with Gasteiger partial charge in [0.15, 0.2) is 0 Å². The summed E-state index contributed by atoms with van der Waals surface area (Å²) in [6, 6.07) is 11.9. The minimum atomic E-state index is -0.430. The van der Waals surface area contributed by atoms with Crippen molar-refractivity contribution in [3.63, 3.8) is 0 Å². The molecule has 0 fully saturated rings. The van der Waals surface area contributed by atoms with Gasteiger partial charge in [-0.2, -0.15) is 0 Å². The van der Waals surface area contributed by atoms with Gasteiger partial charge in [0.05, 0.1) is 5.69 Å². The molecule has 3 nitrogen and oxygen atoms in total. The van der Waals surface area contributed by atoms with Gasteiger partial charge >= 0.3 is 0 Å². The molecule has 1 aromatic heterocycles. The largest absolute Gasteiger partial charge is 0.361 e. The van der Waals surface area contributed by atoms with Gasteiger partial charge in [-0.1, -0.05) is 12.1 Å². The molecule has 0 aliphatic rings. The van der Waals surface area contributed by atoms with Gasteiger partial charge in [0, 0.05) is 22.7 Å². The van der Waals surface area contributed by atoms with Crippen LogP contribution in [-0.4, -0.2) is 10.9 Å². The zero-order valence-corrected chi connectivity index (χ0v) is 10.9. The second kappa shape index (κ2) is 4.81. The summed E-state index contributed by atoms with van der Waals surface area (Å²) in [7, 11) is 0. The number of hydrogen-bond acceptors (Lipinski definition) is 1. The fourth-order valence-electron chi connectivity index (χ4n) is 2.17. The monoisotopic (exact) mass is 268 g/mol. The van der Waals surface area contributed by atoms with Crippen molar-refractivity contribution in [1.82, 2.24) is 4.98 Å². The minimum Gasteiger partial charge on any atom is -0.361 e. The van der Waals surface area contributed by atoms with Gasteiger partial charge in [-0.15, -0.1) is 0 Å². The van der Waals surface area contributed by atoms with Crippen LogP contribution in [0.1, 0.15) is 15.9 Å². The molecule has 0 bridgehead atoms. The average molecular weight is 268 g/mol. The van der Waals surface area contributed by atoms with E-state index < -0.39 is 5.82 Å². The lowest BCUT2D eigenvalue weighted by molar-refractivity contribution is 0.102. The van der Waals surface area contributed by atoms with Crippen molar-refractivity contribution in [3.05, 3.63) is 65.6 Å². The summed E-state index contributed by atoms with van der Waals surface area (Å²) in [5.74, 6) is -0.748. The standard InChI is InChI=1S/C16H13FN2O/c1-10-3-2-4-13(17)15(10)19-16(20)12-5-6-14-11(9-12)7-8-18-14/h2-9,18H,1H3,(H,19,20). The molecule has 0 saturated heterocycles. The highest BCUT2D eigenvalue weighted by atomic mass is 19.1. The highest BCUT2D eigenvalue weighted by Gasteiger charge is 2.11. The van der Waals surface area contributed by atoms with E-state index in [4.69, 9.17) is 0 Å². The number of carbonyl (C=O) groups is 1. The van der Waals surface area contributed by atoms with E-state index in [1.54, 1.807) is 31.2 Å². The van der Waals surface area contributed by atoms with Gasteiger partial charge in [-0.05, 0) is 42.8 Å². The number of aromatic nitrogens is 1. The summed E-state index contributed by atoms with van der Waals surface area (Å²) in [6.45, 7) is 1.76. The Morgan fingerprint density at radius 1 is 1.20 bits per heavy atom. The van der Waals surface area contributed by atoms with Gasteiger partial charge < -0.3 is 10.3 Å². The van der Waals surface area contributed by atoms with Crippen molar-refractivity contribution >= 4 is 22.5 Å². The maximum Gasteiger partial charge on any atom is 0.255 e. The predicted octanol–water partition coefficient (Wildman–Crippen LogP) is 3.87. The van der Waals surface area contributed by atoms with E-state index in [1.807, 2.05) is 18.3 Å². The third kappa shape index (κ3) is 2.16. The van der Waals surface area contributed by atoms with E-state index in [1.165, 1.54) is 6.07 Å². The number of benzene rings is 2. The molecule has 4 heteroatoms. The molecule has 0 aliphatic heterocycles. The van der Waals surface area contributed by atoms with Crippen molar-refractivity contribution in [2.75, 3.05) is 5.32 Å². The summed E-state index contributed by atoms with van der Waals surface area (Å²) in [6.07, 6.45) is 1.81. The third-order valence-electron chi connectivity index (χ3n) is 3.28. The number of rotatable bonds is 2. The van der Waals surface area contributed by atoms with E-state index in [2.05, 4.69) is 10.3 Å². The number of H-pyrrole nitrogens is 1. The quantitative estimate of drug-likeness (QED) is 0.728. The number of fused-ring (bicyclic) bond motifs is 1. The van der Waals surface area contributed by atoms with E-state index in [9.17, 15) is 9.18 Å². The zero-order chi connectivity index (χ0) is 14.1. The molecule has 0 saturated carbocycles. The molecule has 3 aromatic rings. The van der Waals surface area contributed by atoms with Crippen LogP contribution in [-0.2, 0) is 0 Å². The van der Waals surface area contributed by atoms with Crippen LogP contribution < -0.4 is 5.32 Å². The Kier molecular flexibility index (Phi) is 2.99. The van der Waals surface area contributed by atoms with E-state index >= 15 is 0 Å². The van der Waals surface area contributed by atoms with Crippen LogP contribution in [0, 0.1) is 12.7 Å². The summed E-state index contributed by atoms with van der Waals surface area (Å²) in [5, 5.41) is 3.57. The number of hydrogen-bond donors (Lipinski definition) is 2. The highest BCUT2D eigenvalue weighted by Crippen LogP contribution is 2.20. The molecule has 2 aromatic carbocycles. The molecule has 0 radical (unpaired) electrons. The fraction of sp³-hybridized carbons (Fsp3) is 0.0625. The lowest BCUT2D eigenvalue weighted by atomic mass is 10.1. The first kappa shape index (κ1) is 12.4. The van der Waals surface area contributed by atoms with Crippen molar-refractivity contribution < 1.29 is 9.18 Å². The second-order valence-electron chi connectivity index (χ2n) is 4.67. The first-order valence-corrected chi connectivity index (χ1v) is 6.29. The maximum absolute atomic E-state index is 13.7. The molecular formula is C16H13FN2O. The summed E-state index contributed by atoms with van der Waals surface area (Å²) in [4.78, 5) is 15.3. The van der Waals surface area contributed by atoms with E-state index in [-0.39, 0.29) is 11.6 Å². The number of carbonyl (C=O) groups excluding carboxylic acids is 1. The Labute approximate surface area is 115 Å². The number of nitrogens with one attached hydrogen (secondary N) is 2. The Hall–Kier alpha value is -2.62. The topological polar surface area (TPSA) is 44.9 Å². The van der Waals surface area contributed by atoms with Crippen LogP contribution in [0.4, 0.5) is 10.1 Å². The maximum atomic E-state index is 13.7.